The number of hydrogen-bond acceptors (Lipinski definition) is 4. The minimum atomic E-state index is -4.39. The van der Waals surface area contributed by atoms with Gasteiger partial charge in [-0.2, -0.15) is 13.2 Å². The molecule has 0 radical (unpaired) electrons. The van der Waals surface area contributed by atoms with Gasteiger partial charge in [0, 0.05) is 13.7 Å². The van der Waals surface area contributed by atoms with Crippen LogP contribution in [-0.2, 0) is 11.3 Å². The van der Waals surface area contributed by atoms with Crippen LogP contribution in [0.2, 0.25) is 0 Å². The zero-order chi connectivity index (χ0) is 13.2. The van der Waals surface area contributed by atoms with Crippen molar-refractivity contribution in [2.45, 2.75) is 38.7 Å². The largest absolute Gasteiger partial charge is 0.410 e. The van der Waals surface area contributed by atoms with Crippen LogP contribution in [0.5, 0.6) is 0 Å². The molecule has 0 saturated carbocycles. The van der Waals surface area contributed by atoms with E-state index in [0.717, 1.165) is 11.6 Å². The van der Waals surface area contributed by atoms with E-state index >= 15 is 0 Å². The first kappa shape index (κ1) is 13.9. The topological polar surface area (TPSA) is 66.0 Å². The Morgan fingerprint density at radius 1 is 1.41 bits per heavy atom. The van der Waals surface area contributed by atoms with E-state index < -0.39 is 18.3 Å². The highest BCUT2D eigenvalue weighted by atomic mass is 19.4. The lowest BCUT2D eigenvalue weighted by atomic mass is 10.2. The fraction of sp³-hybridized carbons (Fsp3) is 0.778. The lowest BCUT2D eigenvalue weighted by Crippen LogP contribution is -2.27. The van der Waals surface area contributed by atoms with Gasteiger partial charge in [-0.05, 0) is 13.8 Å². The molecule has 1 heterocycles. The number of methoxy groups -OCH3 is 1. The molecule has 17 heavy (non-hydrogen) atoms. The van der Waals surface area contributed by atoms with E-state index in [1.807, 2.05) is 0 Å². The number of nitrogens with zero attached hydrogens (tertiary/aromatic N) is 3. The van der Waals surface area contributed by atoms with Crippen molar-refractivity contribution in [3.8, 4) is 0 Å². The van der Waals surface area contributed by atoms with Crippen LogP contribution < -0.4 is 5.73 Å². The minimum Gasteiger partial charge on any atom is -0.375 e. The molecule has 1 aromatic heterocycles. The second kappa shape index (κ2) is 5.01. The maximum atomic E-state index is 12.6. The van der Waals surface area contributed by atoms with E-state index in [9.17, 15) is 13.2 Å². The summed E-state index contributed by atoms with van der Waals surface area (Å²) in [5.74, 6) is 0. The van der Waals surface area contributed by atoms with Crippen LogP contribution in [0.3, 0.4) is 0 Å². The Labute approximate surface area is 96.7 Å². The van der Waals surface area contributed by atoms with Gasteiger partial charge < -0.3 is 10.5 Å². The molecule has 0 fully saturated rings. The molecule has 1 rings (SSSR count). The smallest absolute Gasteiger partial charge is 0.375 e. The molecule has 1 aromatic rings. The highest BCUT2D eigenvalue weighted by molar-refractivity contribution is 5.13. The molecule has 8 heteroatoms. The highest BCUT2D eigenvalue weighted by Gasteiger charge is 2.40. The number of aromatic nitrogens is 3. The van der Waals surface area contributed by atoms with Crippen molar-refractivity contribution < 1.29 is 17.9 Å². The van der Waals surface area contributed by atoms with Gasteiger partial charge in [-0.3, -0.25) is 0 Å². The number of alkyl halides is 3. The third-order valence-corrected chi connectivity index (χ3v) is 2.58. The van der Waals surface area contributed by atoms with Crippen LogP contribution in [0, 0.1) is 0 Å². The van der Waals surface area contributed by atoms with Gasteiger partial charge in [-0.1, -0.05) is 5.21 Å². The van der Waals surface area contributed by atoms with Crippen molar-refractivity contribution in [2.24, 2.45) is 5.73 Å². The molecule has 0 aliphatic heterocycles. The Bertz CT molecular complexity index is 377. The third kappa shape index (κ3) is 2.75. The monoisotopic (exact) mass is 252 g/mol. The summed E-state index contributed by atoms with van der Waals surface area (Å²) in [5.41, 5.74) is 5.99. The van der Waals surface area contributed by atoms with Crippen LogP contribution in [0.15, 0.2) is 0 Å². The summed E-state index contributed by atoms with van der Waals surface area (Å²) in [6, 6.07) is -1.76. The molecule has 2 N–H and O–H groups in total. The summed E-state index contributed by atoms with van der Waals surface area (Å²) in [4.78, 5) is 0. The van der Waals surface area contributed by atoms with Gasteiger partial charge in [0.2, 0.25) is 0 Å². The standard InChI is InChI=1S/C9H15F3N4O/c1-5(17-3)8-7(4-13)14-15-16(8)6(2)9(10,11)12/h5-6H,4,13H2,1-3H3. The van der Waals surface area contributed by atoms with Gasteiger partial charge in [0.25, 0.3) is 0 Å². The van der Waals surface area contributed by atoms with Crippen molar-refractivity contribution in [3.63, 3.8) is 0 Å². The molecule has 0 aliphatic carbocycles. The van der Waals surface area contributed by atoms with Crippen LogP contribution in [0.1, 0.15) is 37.4 Å². The zero-order valence-corrected chi connectivity index (χ0v) is 9.82. The summed E-state index contributed by atoms with van der Waals surface area (Å²) in [6.45, 7) is 2.66. The first-order chi connectivity index (χ1) is 7.82. The highest BCUT2D eigenvalue weighted by Crippen LogP contribution is 2.32. The summed E-state index contributed by atoms with van der Waals surface area (Å²) >= 11 is 0. The molecule has 0 spiro atoms. The molecule has 0 aromatic carbocycles. The lowest BCUT2D eigenvalue weighted by Gasteiger charge is -2.20. The average Bonchev–Trinajstić information content (AvgIpc) is 2.68. The second-order valence-electron chi connectivity index (χ2n) is 3.67. The predicted octanol–water partition coefficient (Wildman–Crippen LogP) is 1.57. The van der Waals surface area contributed by atoms with Gasteiger partial charge in [0.15, 0.2) is 0 Å². The van der Waals surface area contributed by atoms with Crippen molar-refractivity contribution in [3.05, 3.63) is 11.4 Å². The fourth-order valence-electron chi connectivity index (χ4n) is 1.44. The normalized spacial score (nSPS) is 15.9. The zero-order valence-electron chi connectivity index (χ0n) is 9.82. The number of hydrogen-bond donors (Lipinski definition) is 1. The minimum absolute atomic E-state index is 0.0214. The van der Waals surface area contributed by atoms with Crippen molar-refractivity contribution in [2.75, 3.05) is 7.11 Å². The molecule has 0 aliphatic rings. The van der Waals surface area contributed by atoms with E-state index in [1.165, 1.54) is 7.11 Å². The maximum Gasteiger partial charge on any atom is 0.410 e. The molecule has 0 bridgehead atoms. The van der Waals surface area contributed by atoms with E-state index in [2.05, 4.69) is 10.3 Å². The molecular formula is C9H15F3N4O. The van der Waals surface area contributed by atoms with E-state index in [1.54, 1.807) is 6.92 Å². The van der Waals surface area contributed by atoms with Crippen molar-refractivity contribution >= 4 is 0 Å². The Morgan fingerprint density at radius 2 is 2.00 bits per heavy atom. The fourth-order valence-corrected chi connectivity index (χ4v) is 1.44. The van der Waals surface area contributed by atoms with Crippen molar-refractivity contribution in [1.29, 1.82) is 0 Å². The van der Waals surface area contributed by atoms with Gasteiger partial charge in [0.1, 0.15) is 11.7 Å². The number of ether oxygens (including phenoxy) is 1. The third-order valence-electron chi connectivity index (χ3n) is 2.58. The van der Waals surface area contributed by atoms with Crippen LogP contribution in [-0.4, -0.2) is 28.3 Å². The van der Waals surface area contributed by atoms with Crippen LogP contribution >= 0.6 is 0 Å². The molecular weight excluding hydrogens is 237 g/mol. The molecule has 2 unspecified atom stereocenters. The van der Waals surface area contributed by atoms with Gasteiger partial charge >= 0.3 is 6.18 Å². The molecule has 98 valence electrons. The Morgan fingerprint density at radius 3 is 2.41 bits per heavy atom. The van der Waals surface area contributed by atoms with Gasteiger partial charge in [-0.15, -0.1) is 5.10 Å². The average molecular weight is 252 g/mol. The van der Waals surface area contributed by atoms with E-state index in [-0.39, 0.29) is 12.2 Å². The molecule has 2 atom stereocenters. The lowest BCUT2D eigenvalue weighted by molar-refractivity contribution is -0.166. The SMILES string of the molecule is COC(C)c1c(CN)nnn1C(C)C(F)(F)F. The predicted molar refractivity (Wildman–Crippen MR) is 54.1 cm³/mol. The maximum absolute atomic E-state index is 12.6. The number of nitrogens with two attached hydrogens (primary N) is 1. The summed E-state index contributed by atoms with van der Waals surface area (Å²) < 4.78 is 43.7. The first-order valence-electron chi connectivity index (χ1n) is 5.06. The Kier molecular flexibility index (Phi) is 4.10. The van der Waals surface area contributed by atoms with Crippen LogP contribution in [0.4, 0.5) is 13.2 Å². The second-order valence-corrected chi connectivity index (χ2v) is 3.67. The molecule has 0 saturated heterocycles. The molecule has 5 nitrogen and oxygen atoms in total. The van der Waals surface area contributed by atoms with E-state index in [4.69, 9.17) is 10.5 Å². The summed E-state index contributed by atoms with van der Waals surface area (Å²) in [7, 11) is 1.40. The summed E-state index contributed by atoms with van der Waals surface area (Å²) in [6.07, 6.45) is -4.93. The number of rotatable bonds is 4. The summed E-state index contributed by atoms with van der Waals surface area (Å²) in [5, 5.41) is 7.16. The number of halogens is 3. The van der Waals surface area contributed by atoms with Crippen molar-refractivity contribution in [1.82, 2.24) is 15.0 Å². The van der Waals surface area contributed by atoms with Gasteiger partial charge in [0.05, 0.1) is 11.8 Å². The Balaban J connectivity index is 3.20. The Hall–Kier alpha value is -1.15. The molecule has 0 amide bonds. The van der Waals surface area contributed by atoms with Crippen LogP contribution in [0.25, 0.3) is 0 Å². The first-order valence-corrected chi connectivity index (χ1v) is 5.06. The van der Waals surface area contributed by atoms with Gasteiger partial charge in [-0.25, -0.2) is 4.68 Å². The van der Waals surface area contributed by atoms with E-state index in [0.29, 0.717) is 5.69 Å². The quantitative estimate of drug-likeness (QED) is 0.883.